The highest BCUT2D eigenvalue weighted by molar-refractivity contribution is 14.1. The summed E-state index contributed by atoms with van der Waals surface area (Å²) in [7, 11) is 3.62. The van der Waals surface area contributed by atoms with Crippen LogP contribution in [-0.4, -0.2) is 31.9 Å². The predicted octanol–water partition coefficient (Wildman–Crippen LogP) is 3.77. The fraction of sp³-hybridized carbons (Fsp3) is 0.300. The molecule has 0 amide bonds. The summed E-state index contributed by atoms with van der Waals surface area (Å²) in [5.74, 6) is -0.0759. The lowest BCUT2D eigenvalue weighted by Crippen LogP contribution is -2.07. The van der Waals surface area contributed by atoms with Crippen molar-refractivity contribution < 1.29 is 13.5 Å². The Bertz CT molecular complexity index is 427. The average Bonchev–Trinajstić information content (AvgIpc) is 2.19. The quantitative estimate of drug-likeness (QED) is 0.455. The van der Waals surface area contributed by atoms with E-state index < -0.39 is 6.61 Å². The molecule has 0 heterocycles. The van der Waals surface area contributed by atoms with Crippen molar-refractivity contribution in [2.45, 2.75) is 6.61 Å². The van der Waals surface area contributed by atoms with Crippen molar-refractivity contribution in [3.63, 3.8) is 0 Å². The normalized spacial score (nSPS) is 11.2. The van der Waals surface area contributed by atoms with Gasteiger partial charge in [-0.3, -0.25) is 0 Å². The number of halogens is 4. The third kappa shape index (κ3) is 4.63. The molecule has 0 atom stereocenters. The standard InChI is InChI=1S/C10H10ClF2IN2O/c1-16(2)5-15-8-4-9(17-10(12)13)6(11)3-7(8)14/h3-5,10H,1-2H3. The number of aliphatic imine (C=N–C) groups is 1. The first-order chi connectivity index (χ1) is 7.90. The van der Waals surface area contributed by atoms with E-state index in [0.29, 0.717) is 5.69 Å². The molecule has 0 saturated heterocycles. The van der Waals surface area contributed by atoms with Crippen molar-refractivity contribution >= 4 is 46.2 Å². The fourth-order valence-corrected chi connectivity index (χ4v) is 1.98. The van der Waals surface area contributed by atoms with Crippen LogP contribution in [0.2, 0.25) is 5.02 Å². The van der Waals surface area contributed by atoms with Crippen molar-refractivity contribution in [2.24, 2.45) is 4.99 Å². The molecule has 94 valence electrons. The fourth-order valence-electron chi connectivity index (χ4n) is 0.981. The molecule has 0 aromatic heterocycles. The van der Waals surface area contributed by atoms with E-state index >= 15 is 0 Å². The number of hydrogen-bond donors (Lipinski definition) is 0. The second kappa shape index (κ2) is 6.34. The summed E-state index contributed by atoms with van der Waals surface area (Å²) in [4.78, 5) is 5.86. The van der Waals surface area contributed by atoms with Crippen molar-refractivity contribution in [2.75, 3.05) is 14.1 Å². The van der Waals surface area contributed by atoms with Gasteiger partial charge in [-0.05, 0) is 28.7 Å². The predicted molar refractivity (Wildman–Crippen MR) is 72.6 cm³/mol. The molecule has 0 spiro atoms. The molecule has 1 aromatic rings. The summed E-state index contributed by atoms with van der Waals surface area (Å²) in [6.45, 7) is -2.90. The Morgan fingerprint density at radius 2 is 2.12 bits per heavy atom. The molecule has 0 N–H and O–H groups in total. The molecule has 17 heavy (non-hydrogen) atoms. The molecular formula is C10H10ClF2IN2O. The van der Waals surface area contributed by atoms with Crippen molar-refractivity contribution in [1.82, 2.24) is 4.90 Å². The van der Waals surface area contributed by atoms with E-state index in [1.807, 2.05) is 36.7 Å². The zero-order valence-corrected chi connectivity index (χ0v) is 12.0. The Morgan fingerprint density at radius 3 is 2.65 bits per heavy atom. The minimum absolute atomic E-state index is 0.0759. The van der Waals surface area contributed by atoms with Crippen LogP contribution in [0.4, 0.5) is 14.5 Å². The number of ether oxygens (including phenoxy) is 1. The van der Waals surface area contributed by atoms with Crippen LogP contribution in [0.5, 0.6) is 5.75 Å². The van der Waals surface area contributed by atoms with E-state index in [1.165, 1.54) is 12.1 Å². The number of rotatable bonds is 4. The Labute approximate surface area is 117 Å². The van der Waals surface area contributed by atoms with E-state index in [1.54, 1.807) is 11.2 Å². The highest BCUT2D eigenvalue weighted by atomic mass is 127. The maximum absolute atomic E-state index is 12.1. The first-order valence-corrected chi connectivity index (χ1v) is 6.00. The van der Waals surface area contributed by atoms with Gasteiger partial charge in [-0.1, -0.05) is 11.6 Å². The van der Waals surface area contributed by atoms with Gasteiger partial charge >= 0.3 is 6.61 Å². The van der Waals surface area contributed by atoms with Gasteiger partial charge in [0.25, 0.3) is 0 Å². The molecule has 0 aliphatic carbocycles. The first-order valence-electron chi connectivity index (χ1n) is 4.54. The number of nitrogens with zero attached hydrogens (tertiary/aromatic N) is 2. The van der Waals surface area contributed by atoms with Gasteiger partial charge in [0.1, 0.15) is 5.75 Å². The van der Waals surface area contributed by atoms with Crippen LogP contribution in [0.3, 0.4) is 0 Å². The molecule has 0 fully saturated rings. The largest absolute Gasteiger partial charge is 0.433 e. The molecule has 1 aromatic carbocycles. The molecule has 0 radical (unpaired) electrons. The monoisotopic (exact) mass is 374 g/mol. The van der Waals surface area contributed by atoms with Crippen LogP contribution in [0.1, 0.15) is 0 Å². The Kier molecular flexibility index (Phi) is 5.38. The zero-order valence-electron chi connectivity index (χ0n) is 9.12. The van der Waals surface area contributed by atoms with E-state index in [2.05, 4.69) is 9.73 Å². The van der Waals surface area contributed by atoms with Gasteiger partial charge in [0.05, 0.1) is 17.0 Å². The van der Waals surface area contributed by atoms with Gasteiger partial charge < -0.3 is 9.64 Å². The third-order valence-electron chi connectivity index (χ3n) is 1.65. The topological polar surface area (TPSA) is 24.8 Å². The van der Waals surface area contributed by atoms with E-state index in [4.69, 9.17) is 11.6 Å². The van der Waals surface area contributed by atoms with Crippen LogP contribution < -0.4 is 4.74 Å². The van der Waals surface area contributed by atoms with Gasteiger partial charge in [-0.2, -0.15) is 8.78 Å². The van der Waals surface area contributed by atoms with Crippen molar-refractivity contribution in [3.05, 3.63) is 20.7 Å². The Hall–Kier alpha value is -0.630. The van der Waals surface area contributed by atoms with Gasteiger partial charge in [-0.15, -0.1) is 0 Å². The highest BCUT2D eigenvalue weighted by Gasteiger charge is 2.11. The molecule has 7 heteroatoms. The van der Waals surface area contributed by atoms with Crippen LogP contribution >= 0.6 is 34.2 Å². The zero-order chi connectivity index (χ0) is 13.0. The van der Waals surface area contributed by atoms with Gasteiger partial charge in [-0.25, -0.2) is 4.99 Å². The maximum Gasteiger partial charge on any atom is 0.387 e. The van der Waals surface area contributed by atoms with Crippen molar-refractivity contribution in [1.29, 1.82) is 0 Å². The van der Waals surface area contributed by atoms with Gasteiger partial charge in [0.15, 0.2) is 0 Å². The second-order valence-electron chi connectivity index (χ2n) is 3.32. The number of benzene rings is 1. The summed E-state index contributed by atoms with van der Waals surface area (Å²) < 4.78 is 29.3. The van der Waals surface area contributed by atoms with Gasteiger partial charge in [0, 0.05) is 23.7 Å². The summed E-state index contributed by atoms with van der Waals surface area (Å²) >= 11 is 7.81. The van der Waals surface area contributed by atoms with E-state index in [9.17, 15) is 8.78 Å². The SMILES string of the molecule is CN(C)C=Nc1cc(OC(F)F)c(Cl)cc1I. The summed E-state index contributed by atoms with van der Waals surface area (Å²) in [6.07, 6.45) is 1.57. The number of hydrogen-bond acceptors (Lipinski definition) is 2. The average molecular weight is 375 g/mol. The summed E-state index contributed by atoms with van der Waals surface area (Å²) in [5, 5.41) is 0.138. The second-order valence-corrected chi connectivity index (χ2v) is 4.89. The number of alkyl halides is 2. The van der Waals surface area contributed by atoms with Crippen LogP contribution in [0, 0.1) is 3.57 Å². The lowest BCUT2D eigenvalue weighted by Gasteiger charge is -2.09. The lowest BCUT2D eigenvalue weighted by atomic mass is 10.3. The first kappa shape index (κ1) is 14.4. The van der Waals surface area contributed by atoms with E-state index in [0.717, 1.165) is 3.57 Å². The third-order valence-corrected chi connectivity index (χ3v) is 2.80. The van der Waals surface area contributed by atoms with Gasteiger partial charge in [0.2, 0.25) is 0 Å². The summed E-state index contributed by atoms with van der Waals surface area (Å²) in [6, 6.07) is 2.92. The summed E-state index contributed by atoms with van der Waals surface area (Å²) in [5.41, 5.74) is 0.527. The molecule has 3 nitrogen and oxygen atoms in total. The van der Waals surface area contributed by atoms with Crippen LogP contribution in [0.25, 0.3) is 0 Å². The van der Waals surface area contributed by atoms with E-state index in [-0.39, 0.29) is 10.8 Å². The Morgan fingerprint density at radius 1 is 1.47 bits per heavy atom. The minimum atomic E-state index is -2.90. The molecule has 0 aliphatic rings. The molecule has 0 bridgehead atoms. The molecule has 0 unspecified atom stereocenters. The van der Waals surface area contributed by atoms with Crippen LogP contribution in [0.15, 0.2) is 17.1 Å². The molecule has 0 saturated carbocycles. The van der Waals surface area contributed by atoms with Crippen LogP contribution in [-0.2, 0) is 0 Å². The Balaban J connectivity index is 3.05. The highest BCUT2D eigenvalue weighted by Crippen LogP contribution is 2.34. The minimum Gasteiger partial charge on any atom is -0.433 e. The van der Waals surface area contributed by atoms with Crippen molar-refractivity contribution in [3.8, 4) is 5.75 Å². The molecular weight excluding hydrogens is 364 g/mol. The molecule has 1 rings (SSSR count). The lowest BCUT2D eigenvalue weighted by molar-refractivity contribution is -0.0497. The molecule has 0 aliphatic heterocycles. The smallest absolute Gasteiger partial charge is 0.387 e. The maximum atomic E-state index is 12.1.